The standard InChI is InChI=1S/C15H14N4O/c1-20-14-5-3-2-4-13(14)19-10-12(16)15(18-19)11-6-8-17-9-7-11/h2-10H,16H2,1H3. The second kappa shape index (κ2) is 5.05. The van der Waals surface area contributed by atoms with Crippen LogP contribution in [-0.2, 0) is 0 Å². The average Bonchev–Trinajstić information content (AvgIpc) is 2.90. The first-order valence-corrected chi connectivity index (χ1v) is 6.18. The molecule has 0 spiro atoms. The lowest BCUT2D eigenvalue weighted by Crippen LogP contribution is -1.98. The van der Waals surface area contributed by atoms with Crippen LogP contribution in [0.15, 0.2) is 55.0 Å². The van der Waals surface area contributed by atoms with Crippen molar-refractivity contribution in [1.29, 1.82) is 0 Å². The predicted molar refractivity (Wildman–Crippen MR) is 77.8 cm³/mol. The van der Waals surface area contributed by atoms with Crippen LogP contribution in [0.3, 0.4) is 0 Å². The van der Waals surface area contributed by atoms with E-state index in [0.717, 1.165) is 22.7 Å². The van der Waals surface area contributed by atoms with Crippen molar-refractivity contribution in [2.75, 3.05) is 12.8 Å². The zero-order valence-electron chi connectivity index (χ0n) is 11.0. The zero-order chi connectivity index (χ0) is 13.9. The molecule has 20 heavy (non-hydrogen) atoms. The Balaban J connectivity index is 2.09. The molecule has 2 aromatic heterocycles. The largest absolute Gasteiger partial charge is 0.494 e. The number of hydrogen-bond donors (Lipinski definition) is 1. The number of ether oxygens (including phenoxy) is 1. The van der Waals surface area contributed by atoms with Crippen molar-refractivity contribution in [3.05, 3.63) is 55.0 Å². The van der Waals surface area contributed by atoms with E-state index >= 15 is 0 Å². The smallest absolute Gasteiger partial charge is 0.144 e. The van der Waals surface area contributed by atoms with Crippen molar-refractivity contribution >= 4 is 5.69 Å². The van der Waals surface area contributed by atoms with Crippen molar-refractivity contribution in [2.45, 2.75) is 0 Å². The maximum atomic E-state index is 6.06. The highest BCUT2D eigenvalue weighted by Gasteiger charge is 2.11. The molecule has 1 aromatic carbocycles. The van der Waals surface area contributed by atoms with Crippen LogP contribution >= 0.6 is 0 Å². The third kappa shape index (κ3) is 2.09. The highest BCUT2D eigenvalue weighted by atomic mass is 16.5. The molecule has 0 aliphatic carbocycles. The van der Waals surface area contributed by atoms with Gasteiger partial charge >= 0.3 is 0 Å². The topological polar surface area (TPSA) is 66.0 Å². The van der Waals surface area contributed by atoms with Crippen molar-refractivity contribution in [1.82, 2.24) is 14.8 Å². The zero-order valence-corrected chi connectivity index (χ0v) is 11.0. The molecule has 2 heterocycles. The highest BCUT2D eigenvalue weighted by Crippen LogP contribution is 2.28. The molecule has 0 aliphatic heterocycles. The Morgan fingerprint density at radius 2 is 1.85 bits per heavy atom. The van der Waals surface area contributed by atoms with Crippen LogP contribution in [0.1, 0.15) is 0 Å². The van der Waals surface area contributed by atoms with Crippen LogP contribution in [0, 0.1) is 0 Å². The van der Waals surface area contributed by atoms with Gasteiger partial charge in [-0.15, -0.1) is 0 Å². The summed E-state index contributed by atoms with van der Waals surface area (Å²) in [6, 6.07) is 11.4. The average molecular weight is 266 g/mol. The molecule has 0 radical (unpaired) electrons. The molecule has 0 aliphatic rings. The molecule has 0 saturated heterocycles. The number of nitrogen functional groups attached to an aromatic ring is 1. The Kier molecular flexibility index (Phi) is 3.09. The van der Waals surface area contributed by atoms with E-state index in [9.17, 15) is 0 Å². The van der Waals surface area contributed by atoms with Gasteiger partial charge in [0.1, 0.15) is 17.1 Å². The number of pyridine rings is 1. The summed E-state index contributed by atoms with van der Waals surface area (Å²) in [5.74, 6) is 0.747. The van der Waals surface area contributed by atoms with E-state index < -0.39 is 0 Å². The molecule has 0 fully saturated rings. The Labute approximate surface area is 116 Å². The van der Waals surface area contributed by atoms with Crippen LogP contribution < -0.4 is 10.5 Å². The Morgan fingerprint density at radius 1 is 1.10 bits per heavy atom. The molecule has 5 heteroatoms. The van der Waals surface area contributed by atoms with Crippen molar-refractivity contribution < 1.29 is 4.74 Å². The van der Waals surface area contributed by atoms with Gasteiger partial charge in [0.2, 0.25) is 0 Å². The second-order valence-corrected chi connectivity index (χ2v) is 4.29. The second-order valence-electron chi connectivity index (χ2n) is 4.29. The van der Waals surface area contributed by atoms with E-state index in [-0.39, 0.29) is 0 Å². The molecule has 0 unspecified atom stereocenters. The SMILES string of the molecule is COc1ccccc1-n1cc(N)c(-c2ccncc2)n1. The third-order valence-electron chi connectivity index (χ3n) is 3.03. The Hall–Kier alpha value is -2.82. The van der Waals surface area contributed by atoms with E-state index in [4.69, 9.17) is 10.5 Å². The molecule has 0 bridgehead atoms. The molecule has 0 saturated carbocycles. The molecule has 2 N–H and O–H groups in total. The summed E-state index contributed by atoms with van der Waals surface area (Å²) in [6.07, 6.45) is 5.22. The number of nitrogens with zero attached hydrogens (tertiary/aromatic N) is 3. The van der Waals surface area contributed by atoms with Crippen LogP contribution in [-0.4, -0.2) is 21.9 Å². The first-order chi connectivity index (χ1) is 9.79. The van der Waals surface area contributed by atoms with Gasteiger partial charge in [-0.05, 0) is 24.3 Å². The Morgan fingerprint density at radius 3 is 2.60 bits per heavy atom. The van der Waals surface area contributed by atoms with Crippen LogP contribution in [0.2, 0.25) is 0 Å². The monoisotopic (exact) mass is 266 g/mol. The number of anilines is 1. The minimum Gasteiger partial charge on any atom is -0.494 e. The van der Waals surface area contributed by atoms with Gasteiger partial charge in [-0.3, -0.25) is 4.98 Å². The maximum Gasteiger partial charge on any atom is 0.144 e. The normalized spacial score (nSPS) is 10.4. The molecule has 3 rings (SSSR count). The molecule has 5 nitrogen and oxygen atoms in total. The van der Waals surface area contributed by atoms with Crippen LogP contribution in [0.5, 0.6) is 5.75 Å². The number of hydrogen-bond acceptors (Lipinski definition) is 4. The molecule has 0 atom stereocenters. The van der Waals surface area contributed by atoms with Crippen molar-refractivity contribution in [3.63, 3.8) is 0 Å². The van der Waals surface area contributed by atoms with Crippen molar-refractivity contribution in [3.8, 4) is 22.7 Å². The van der Waals surface area contributed by atoms with Gasteiger partial charge in [0.05, 0.1) is 19.0 Å². The number of para-hydroxylation sites is 2. The maximum absolute atomic E-state index is 6.06. The summed E-state index contributed by atoms with van der Waals surface area (Å²) < 4.78 is 7.07. The lowest BCUT2D eigenvalue weighted by molar-refractivity contribution is 0.412. The summed E-state index contributed by atoms with van der Waals surface area (Å²) in [5.41, 5.74) is 9.19. The fourth-order valence-electron chi connectivity index (χ4n) is 2.06. The van der Waals surface area contributed by atoms with Crippen LogP contribution in [0.25, 0.3) is 16.9 Å². The number of methoxy groups -OCH3 is 1. The first kappa shape index (κ1) is 12.2. The van der Waals surface area contributed by atoms with Gasteiger partial charge in [-0.2, -0.15) is 5.10 Å². The molecule has 0 amide bonds. The Bertz CT molecular complexity index is 722. The van der Waals surface area contributed by atoms with E-state index in [2.05, 4.69) is 10.1 Å². The lowest BCUT2D eigenvalue weighted by Gasteiger charge is -2.07. The summed E-state index contributed by atoms with van der Waals surface area (Å²) >= 11 is 0. The van der Waals surface area contributed by atoms with Gasteiger partial charge in [0.25, 0.3) is 0 Å². The fourth-order valence-corrected chi connectivity index (χ4v) is 2.06. The van der Waals surface area contributed by atoms with E-state index in [1.54, 1.807) is 30.4 Å². The number of aromatic nitrogens is 3. The third-order valence-corrected chi connectivity index (χ3v) is 3.03. The highest BCUT2D eigenvalue weighted by molar-refractivity contribution is 5.72. The fraction of sp³-hybridized carbons (Fsp3) is 0.0667. The predicted octanol–water partition coefficient (Wildman–Crippen LogP) is 2.53. The summed E-state index contributed by atoms with van der Waals surface area (Å²) in [6.45, 7) is 0. The number of benzene rings is 1. The molecule has 100 valence electrons. The van der Waals surface area contributed by atoms with Crippen LogP contribution in [0.4, 0.5) is 5.69 Å². The summed E-state index contributed by atoms with van der Waals surface area (Å²) in [7, 11) is 1.63. The quantitative estimate of drug-likeness (QED) is 0.791. The number of nitrogens with two attached hydrogens (primary N) is 1. The van der Waals surface area contributed by atoms with E-state index in [0.29, 0.717) is 5.69 Å². The minimum atomic E-state index is 0.613. The number of rotatable bonds is 3. The van der Waals surface area contributed by atoms with Gasteiger partial charge < -0.3 is 10.5 Å². The molecular weight excluding hydrogens is 252 g/mol. The van der Waals surface area contributed by atoms with Crippen molar-refractivity contribution in [2.24, 2.45) is 0 Å². The first-order valence-electron chi connectivity index (χ1n) is 6.18. The van der Waals surface area contributed by atoms with Gasteiger partial charge in [-0.25, -0.2) is 4.68 Å². The van der Waals surface area contributed by atoms with Gasteiger partial charge in [0, 0.05) is 18.0 Å². The molecular formula is C15H14N4O. The van der Waals surface area contributed by atoms with Gasteiger partial charge in [0.15, 0.2) is 0 Å². The van der Waals surface area contributed by atoms with E-state index in [1.807, 2.05) is 36.4 Å². The summed E-state index contributed by atoms with van der Waals surface area (Å²) in [4.78, 5) is 4.00. The lowest BCUT2D eigenvalue weighted by atomic mass is 10.2. The summed E-state index contributed by atoms with van der Waals surface area (Å²) in [5, 5.41) is 4.54. The molecule has 3 aromatic rings. The van der Waals surface area contributed by atoms with Gasteiger partial charge in [-0.1, -0.05) is 12.1 Å². The van der Waals surface area contributed by atoms with E-state index in [1.165, 1.54) is 0 Å². The minimum absolute atomic E-state index is 0.613.